The molecular weight excluding hydrogens is 320 g/mol. The van der Waals surface area contributed by atoms with E-state index in [4.69, 9.17) is 0 Å². The van der Waals surface area contributed by atoms with Crippen LogP contribution in [0.2, 0.25) is 0 Å². The van der Waals surface area contributed by atoms with E-state index in [1.165, 1.54) is 29.2 Å². The maximum Gasteiger partial charge on any atom is 0.238 e. The van der Waals surface area contributed by atoms with Crippen molar-refractivity contribution in [3.05, 3.63) is 41.2 Å². The summed E-state index contributed by atoms with van der Waals surface area (Å²) in [4.78, 5) is 19.0. The molecule has 0 unspecified atom stereocenters. The number of carbonyl (C=O) groups is 1. The smallest absolute Gasteiger partial charge is 0.238 e. The number of aryl methyl sites for hydroxylation is 2. The molecule has 0 radical (unpaired) electrons. The van der Waals surface area contributed by atoms with Crippen LogP contribution in [0.5, 0.6) is 0 Å². The number of amides is 1. The molecule has 1 aliphatic heterocycles. The van der Waals surface area contributed by atoms with Gasteiger partial charge in [-0.15, -0.1) is 0 Å². The van der Waals surface area contributed by atoms with Gasteiger partial charge in [-0.05, 0) is 51.8 Å². The highest BCUT2D eigenvalue weighted by atomic mass is 32.2. The Labute approximate surface area is 146 Å². The van der Waals surface area contributed by atoms with Gasteiger partial charge in [-0.1, -0.05) is 29.5 Å². The van der Waals surface area contributed by atoms with Gasteiger partial charge in [0, 0.05) is 5.56 Å². The molecule has 1 amide bonds. The molecule has 0 saturated carbocycles. The topological polar surface area (TPSA) is 61.9 Å². The Kier molecular flexibility index (Phi) is 4.25. The normalized spacial score (nSPS) is 15.9. The molecule has 0 saturated heterocycles. The van der Waals surface area contributed by atoms with E-state index in [0.717, 1.165) is 16.8 Å². The molecule has 0 atom stereocenters. The molecule has 24 heavy (non-hydrogen) atoms. The number of carbonyl (C=O) groups excluding carboxylic acids is 1. The summed E-state index contributed by atoms with van der Waals surface area (Å²) in [7, 11) is 0. The number of aromatic amines is 1. The number of nitrogens with zero attached hydrogens (tertiary/aromatic N) is 3. The SMILES string of the molecule is CC1=CC(C)(C)N(C(=O)CSc2ncn[nH]2)c2c(C)cc(C)cc21. The van der Waals surface area contributed by atoms with Crippen LogP contribution in [0.1, 0.15) is 37.5 Å². The second kappa shape index (κ2) is 6.09. The zero-order chi connectivity index (χ0) is 17.5. The predicted molar refractivity (Wildman–Crippen MR) is 98.2 cm³/mol. The van der Waals surface area contributed by atoms with Gasteiger partial charge in [-0.25, -0.2) is 4.98 Å². The van der Waals surface area contributed by atoms with E-state index < -0.39 is 0 Å². The number of hydrogen-bond donors (Lipinski definition) is 1. The first-order valence-corrected chi connectivity index (χ1v) is 8.90. The minimum Gasteiger partial charge on any atom is -0.302 e. The fraction of sp³-hybridized carbons (Fsp3) is 0.389. The summed E-state index contributed by atoms with van der Waals surface area (Å²) in [5.74, 6) is 0.386. The molecule has 2 aromatic rings. The van der Waals surface area contributed by atoms with Crippen molar-refractivity contribution in [3.63, 3.8) is 0 Å². The summed E-state index contributed by atoms with van der Waals surface area (Å²) < 4.78 is 0. The lowest BCUT2D eigenvalue weighted by Gasteiger charge is -2.42. The highest BCUT2D eigenvalue weighted by Crippen LogP contribution is 2.41. The number of benzene rings is 1. The molecule has 1 N–H and O–H groups in total. The quantitative estimate of drug-likeness (QED) is 0.863. The number of anilines is 1. The van der Waals surface area contributed by atoms with Crippen LogP contribution >= 0.6 is 11.8 Å². The van der Waals surface area contributed by atoms with Crippen molar-refractivity contribution in [2.45, 2.75) is 45.3 Å². The molecule has 5 nitrogen and oxygen atoms in total. The van der Waals surface area contributed by atoms with Crippen LogP contribution in [0.4, 0.5) is 5.69 Å². The number of thioether (sulfide) groups is 1. The summed E-state index contributed by atoms with van der Waals surface area (Å²) in [5, 5.41) is 7.26. The Morgan fingerprint density at radius 1 is 1.29 bits per heavy atom. The first-order chi connectivity index (χ1) is 11.3. The fourth-order valence-electron chi connectivity index (χ4n) is 3.42. The van der Waals surface area contributed by atoms with Crippen molar-refractivity contribution < 1.29 is 4.79 Å². The van der Waals surface area contributed by atoms with E-state index >= 15 is 0 Å². The molecule has 0 aliphatic carbocycles. The van der Waals surface area contributed by atoms with Crippen LogP contribution in [0.3, 0.4) is 0 Å². The van der Waals surface area contributed by atoms with Crippen LogP contribution in [-0.2, 0) is 4.79 Å². The lowest BCUT2D eigenvalue weighted by molar-refractivity contribution is -0.116. The second-order valence-electron chi connectivity index (χ2n) is 6.77. The van der Waals surface area contributed by atoms with Crippen LogP contribution in [0, 0.1) is 13.8 Å². The van der Waals surface area contributed by atoms with Gasteiger partial charge in [0.2, 0.25) is 5.91 Å². The van der Waals surface area contributed by atoms with Gasteiger partial charge in [0.15, 0.2) is 5.16 Å². The first kappa shape index (κ1) is 16.8. The maximum absolute atomic E-state index is 13.0. The van der Waals surface area contributed by atoms with Crippen molar-refractivity contribution in [2.75, 3.05) is 10.7 Å². The highest BCUT2D eigenvalue weighted by molar-refractivity contribution is 7.99. The van der Waals surface area contributed by atoms with E-state index in [9.17, 15) is 4.79 Å². The zero-order valence-corrected chi connectivity index (χ0v) is 15.5. The number of H-pyrrole nitrogens is 1. The predicted octanol–water partition coefficient (Wildman–Crippen LogP) is 3.74. The molecule has 1 aliphatic rings. The monoisotopic (exact) mass is 342 g/mol. The minimum atomic E-state index is -0.365. The van der Waals surface area contributed by atoms with E-state index in [1.54, 1.807) is 0 Å². The largest absolute Gasteiger partial charge is 0.302 e. The van der Waals surface area contributed by atoms with Gasteiger partial charge in [0.05, 0.1) is 17.0 Å². The molecule has 0 spiro atoms. The van der Waals surface area contributed by atoms with Crippen LogP contribution < -0.4 is 4.90 Å². The lowest BCUT2D eigenvalue weighted by atomic mass is 9.86. The Morgan fingerprint density at radius 3 is 2.71 bits per heavy atom. The van der Waals surface area contributed by atoms with Gasteiger partial charge >= 0.3 is 0 Å². The number of nitrogens with one attached hydrogen (secondary N) is 1. The van der Waals surface area contributed by atoms with Crippen molar-refractivity contribution >= 4 is 28.9 Å². The average Bonchev–Trinajstić information content (AvgIpc) is 2.98. The second-order valence-corrected chi connectivity index (χ2v) is 7.73. The molecular formula is C18H22N4OS. The Bertz CT molecular complexity index is 809. The van der Waals surface area contributed by atoms with Gasteiger partial charge in [0.1, 0.15) is 6.33 Å². The third-order valence-corrected chi connectivity index (χ3v) is 5.08. The third kappa shape index (κ3) is 2.98. The third-order valence-electron chi connectivity index (χ3n) is 4.21. The maximum atomic E-state index is 13.0. The van der Waals surface area contributed by atoms with Gasteiger partial charge < -0.3 is 4.90 Å². The van der Waals surface area contributed by atoms with Crippen molar-refractivity contribution in [1.29, 1.82) is 0 Å². The zero-order valence-electron chi connectivity index (χ0n) is 14.7. The highest BCUT2D eigenvalue weighted by Gasteiger charge is 2.36. The summed E-state index contributed by atoms with van der Waals surface area (Å²) in [6, 6.07) is 4.30. The van der Waals surface area contributed by atoms with Crippen LogP contribution in [0.25, 0.3) is 5.57 Å². The summed E-state index contributed by atoms with van der Waals surface area (Å²) in [5.41, 5.74) is 5.36. The summed E-state index contributed by atoms with van der Waals surface area (Å²) in [6.45, 7) is 10.4. The summed E-state index contributed by atoms with van der Waals surface area (Å²) in [6.07, 6.45) is 3.62. The van der Waals surface area contributed by atoms with Crippen molar-refractivity contribution in [1.82, 2.24) is 15.2 Å². The van der Waals surface area contributed by atoms with Gasteiger partial charge in [-0.2, -0.15) is 5.10 Å². The summed E-state index contributed by atoms with van der Waals surface area (Å²) >= 11 is 1.37. The Balaban J connectivity index is 1.98. The molecule has 1 aromatic carbocycles. The van der Waals surface area contributed by atoms with Crippen LogP contribution in [0.15, 0.2) is 29.7 Å². The lowest BCUT2D eigenvalue weighted by Crippen LogP contribution is -2.50. The van der Waals surface area contributed by atoms with Gasteiger partial charge in [0.25, 0.3) is 0 Å². The molecule has 0 fully saturated rings. The number of hydrogen-bond acceptors (Lipinski definition) is 4. The number of fused-ring (bicyclic) bond motifs is 1. The average molecular weight is 342 g/mol. The Morgan fingerprint density at radius 2 is 2.04 bits per heavy atom. The van der Waals surface area contributed by atoms with Crippen molar-refractivity contribution in [2.24, 2.45) is 0 Å². The standard InChI is InChI=1S/C18H22N4OS/c1-11-6-12(2)16-14(7-11)13(3)8-18(4,5)22(16)15(23)9-24-17-19-10-20-21-17/h6-8,10H,9H2,1-5H3,(H,19,20,21). The number of rotatable bonds is 3. The Hall–Kier alpha value is -2.08. The number of allylic oxidation sites excluding steroid dienone is 1. The van der Waals surface area contributed by atoms with Crippen LogP contribution in [-0.4, -0.2) is 32.4 Å². The molecule has 3 rings (SSSR count). The molecule has 6 heteroatoms. The molecule has 0 bridgehead atoms. The molecule has 2 heterocycles. The fourth-order valence-corrected chi connectivity index (χ4v) is 4.05. The molecule has 126 valence electrons. The number of aromatic nitrogens is 3. The van der Waals surface area contributed by atoms with Crippen molar-refractivity contribution in [3.8, 4) is 0 Å². The van der Waals surface area contributed by atoms with Gasteiger partial charge in [-0.3, -0.25) is 9.89 Å². The molecule has 1 aromatic heterocycles. The minimum absolute atomic E-state index is 0.0679. The van der Waals surface area contributed by atoms with E-state index in [2.05, 4.69) is 68.0 Å². The van der Waals surface area contributed by atoms with E-state index in [1.807, 2.05) is 4.90 Å². The van der Waals surface area contributed by atoms with E-state index in [0.29, 0.717) is 10.9 Å². The first-order valence-electron chi connectivity index (χ1n) is 7.92. The van der Waals surface area contributed by atoms with E-state index in [-0.39, 0.29) is 11.4 Å².